The summed E-state index contributed by atoms with van der Waals surface area (Å²) in [6.45, 7) is 5.22. The van der Waals surface area contributed by atoms with Gasteiger partial charge in [-0.25, -0.2) is 9.37 Å². The molecule has 3 heterocycles. The monoisotopic (exact) mass is 488 g/mol. The summed E-state index contributed by atoms with van der Waals surface area (Å²) in [5.74, 6) is -1.45. The summed E-state index contributed by atoms with van der Waals surface area (Å²) in [7, 11) is 1.88. The van der Waals surface area contributed by atoms with Gasteiger partial charge in [0.05, 0.1) is 18.3 Å². The summed E-state index contributed by atoms with van der Waals surface area (Å²) in [6, 6.07) is 5.34. The van der Waals surface area contributed by atoms with E-state index in [-0.39, 0.29) is 30.9 Å². The minimum Gasteiger partial charge on any atom is -0.365 e. The van der Waals surface area contributed by atoms with E-state index in [1.165, 1.54) is 4.90 Å². The Morgan fingerprint density at radius 1 is 1.24 bits per heavy atom. The molecule has 1 aromatic heterocycles. The van der Waals surface area contributed by atoms with Crippen LogP contribution in [0.3, 0.4) is 0 Å². The number of hydrogen-bond acceptors (Lipinski definition) is 7. The van der Waals surface area contributed by atoms with Gasteiger partial charge in [0.25, 0.3) is 5.91 Å². The molecule has 0 saturated carbocycles. The van der Waals surface area contributed by atoms with Gasteiger partial charge in [-0.15, -0.1) is 11.3 Å². The van der Waals surface area contributed by atoms with E-state index in [0.717, 1.165) is 16.3 Å². The van der Waals surface area contributed by atoms with E-state index in [9.17, 15) is 18.8 Å². The molecule has 0 radical (unpaired) electrons. The fourth-order valence-corrected chi connectivity index (χ4v) is 5.17. The van der Waals surface area contributed by atoms with Gasteiger partial charge >= 0.3 is 0 Å². The summed E-state index contributed by atoms with van der Waals surface area (Å²) in [6.07, 6.45) is -2.34. The number of hydrogen-bond donors (Lipinski definition) is 2. The molecule has 1 unspecified atom stereocenters. The first kappa shape index (κ1) is 24.4. The number of ketones is 1. The van der Waals surface area contributed by atoms with Crippen LogP contribution in [-0.2, 0) is 14.3 Å². The zero-order valence-corrected chi connectivity index (χ0v) is 20.4. The quantitative estimate of drug-likeness (QED) is 0.621. The van der Waals surface area contributed by atoms with Crippen LogP contribution in [0.2, 0.25) is 0 Å². The molecule has 2 aromatic rings. The predicted octanol–water partition coefficient (Wildman–Crippen LogP) is 2.36. The molecule has 0 spiro atoms. The number of halogens is 1. The second kappa shape index (κ2) is 9.89. The number of benzene rings is 1. The Labute approximate surface area is 201 Å². The van der Waals surface area contributed by atoms with Crippen molar-refractivity contribution in [1.29, 1.82) is 0 Å². The van der Waals surface area contributed by atoms with Crippen LogP contribution in [0.1, 0.15) is 42.2 Å². The maximum absolute atomic E-state index is 14.3. The van der Waals surface area contributed by atoms with Crippen molar-refractivity contribution in [2.75, 3.05) is 20.2 Å². The zero-order chi connectivity index (χ0) is 24.6. The van der Waals surface area contributed by atoms with Crippen LogP contribution >= 0.6 is 11.3 Å². The van der Waals surface area contributed by atoms with Crippen molar-refractivity contribution in [2.24, 2.45) is 5.92 Å². The maximum Gasteiger partial charge on any atom is 0.251 e. The van der Waals surface area contributed by atoms with Crippen molar-refractivity contribution < 1.29 is 23.5 Å². The van der Waals surface area contributed by atoms with E-state index in [2.05, 4.69) is 15.6 Å². The first-order valence-corrected chi connectivity index (χ1v) is 12.2. The average Bonchev–Trinajstić information content (AvgIpc) is 3.54. The molecular weight excluding hydrogens is 459 g/mol. The Balaban J connectivity index is 1.46. The fraction of sp³-hybridized carbons (Fsp3) is 0.500. The second-order valence-electron chi connectivity index (χ2n) is 9.05. The van der Waals surface area contributed by atoms with Gasteiger partial charge in [-0.3, -0.25) is 14.4 Å². The van der Waals surface area contributed by atoms with Crippen LogP contribution in [0.4, 0.5) is 4.39 Å². The Bertz CT molecular complexity index is 1070. The molecular formula is C24H29FN4O4S. The van der Waals surface area contributed by atoms with Gasteiger partial charge in [-0.2, -0.15) is 0 Å². The van der Waals surface area contributed by atoms with Gasteiger partial charge in [-0.05, 0) is 32.0 Å². The number of nitrogens with zero attached hydrogens (tertiary/aromatic N) is 2. The normalized spacial score (nSPS) is 23.8. The summed E-state index contributed by atoms with van der Waals surface area (Å²) >= 11 is 1.57. The third-order valence-electron chi connectivity index (χ3n) is 6.39. The van der Waals surface area contributed by atoms with Gasteiger partial charge in [-0.1, -0.05) is 26.0 Å². The predicted molar refractivity (Wildman–Crippen MR) is 126 cm³/mol. The van der Waals surface area contributed by atoms with Gasteiger partial charge in [0.1, 0.15) is 36.0 Å². The number of rotatable bonds is 7. The second-order valence-corrected chi connectivity index (χ2v) is 9.94. The van der Waals surface area contributed by atoms with Crippen molar-refractivity contribution in [3.8, 4) is 11.3 Å². The van der Waals surface area contributed by atoms with E-state index in [4.69, 9.17) is 4.74 Å². The van der Waals surface area contributed by atoms with E-state index < -0.39 is 36.2 Å². The number of Topliss-reactive ketones (excluding diaryl/α,β-unsaturated/α-hetero) is 1. The van der Waals surface area contributed by atoms with Crippen LogP contribution in [0.5, 0.6) is 0 Å². The number of carbonyl (C=O) groups excluding carboxylic acids is 3. The average molecular weight is 489 g/mol. The number of fused-ring (bicyclic) bond motifs is 1. The number of aromatic nitrogens is 1. The molecule has 2 fully saturated rings. The largest absolute Gasteiger partial charge is 0.365 e. The standard InChI is InChI=1S/C24H29FN4O4S/c1-12(2)19(24(32)29-9-16(25)21-20(29)18(30)10-33-21)28-22(31)15-7-5-14(6-8-15)17-11-34-23(27-17)13(3)26-4/h5-8,11-13,16,19-21,26H,9-10H2,1-4H3,(H,28,31)/t13-,16-,19?,20+,21+/m0/s1. The minimum absolute atomic E-state index is 0.152. The Hall–Kier alpha value is -2.69. The van der Waals surface area contributed by atoms with Crippen molar-refractivity contribution >= 4 is 28.9 Å². The molecule has 8 nitrogen and oxygen atoms in total. The molecule has 0 bridgehead atoms. The highest BCUT2D eigenvalue weighted by Gasteiger charge is 2.53. The van der Waals surface area contributed by atoms with E-state index >= 15 is 0 Å². The molecule has 34 heavy (non-hydrogen) atoms. The fourth-order valence-electron chi connectivity index (χ4n) is 4.28. The number of ether oxygens (including phenoxy) is 1. The first-order chi connectivity index (χ1) is 16.2. The molecule has 2 N–H and O–H groups in total. The number of alkyl halides is 1. The van der Waals surface area contributed by atoms with Crippen LogP contribution in [0.15, 0.2) is 29.6 Å². The van der Waals surface area contributed by atoms with E-state index in [0.29, 0.717) is 5.56 Å². The molecule has 2 saturated heterocycles. The smallest absolute Gasteiger partial charge is 0.251 e. The molecule has 182 valence electrons. The molecule has 4 rings (SSSR count). The van der Waals surface area contributed by atoms with Gasteiger partial charge in [0, 0.05) is 16.5 Å². The summed E-state index contributed by atoms with van der Waals surface area (Å²) in [5, 5.41) is 8.89. The van der Waals surface area contributed by atoms with Crippen molar-refractivity contribution in [3.63, 3.8) is 0 Å². The third kappa shape index (κ3) is 4.62. The molecule has 5 atom stereocenters. The van der Waals surface area contributed by atoms with Crippen LogP contribution in [0, 0.1) is 5.92 Å². The van der Waals surface area contributed by atoms with Crippen LogP contribution in [0.25, 0.3) is 11.3 Å². The molecule has 2 aliphatic rings. The van der Waals surface area contributed by atoms with Crippen molar-refractivity contribution in [3.05, 3.63) is 40.2 Å². The molecule has 0 aliphatic carbocycles. The summed E-state index contributed by atoms with van der Waals surface area (Å²) in [4.78, 5) is 44.2. The maximum atomic E-state index is 14.3. The molecule has 10 heteroatoms. The van der Waals surface area contributed by atoms with Crippen LogP contribution in [-0.4, -0.2) is 72.0 Å². The summed E-state index contributed by atoms with van der Waals surface area (Å²) < 4.78 is 19.6. The Morgan fingerprint density at radius 2 is 1.94 bits per heavy atom. The number of carbonyl (C=O) groups is 3. The molecule has 2 aliphatic heterocycles. The highest BCUT2D eigenvalue weighted by molar-refractivity contribution is 7.10. The highest BCUT2D eigenvalue weighted by atomic mass is 32.1. The van der Waals surface area contributed by atoms with Crippen molar-refractivity contribution in [2.45, 2.75) is 51.2 Å². The van der Waals surface area contributed by atoms with Gasteiger partial charge in [0.15, 0.2) is 5.78 Å². The molecule has 2 amide bonds. The van der Waals surface area contributed by atoms with Crippen molar-refractivity contribution in [1.82, 2.24) is 20.5 Å². The topological polar surface area (TPSA) is 101 Å². The lowest BCUT2D eigenvalue weighted by atomic mass is 10.0. The van der Waals surface area contributed by atoms with Gasteiger partial charge in [0.2, 0.25) is 5.91 Å². The lowest BCUT2D eigenvalue weighted by Crippen LogP contribution is -2.54. The number of nitrogens with one attached hydrogen (secondary N) is 2. The lowest BCUT2D eigenvalue weighted by molar-refractivity contribution is -0.139. The zero-order valence-electron chi connectivity index (χ0n) is 19.6. The molecule has 1 aromatic carbocycles. The number of amides is 2. The SMILES string of the molecule is CN[C@@H](C)c1nc(-c2ccc(C(=O)NC(C(=O)N3C[C@H](F)[C@H]4OCC(=O)[C@H]43)C(C)C)cc2)cs1. The lowest BCUT2D eigenvalue weighted by Gasteiger charge is -2.29. The third-order valence-corrected chi connectivity index (χ3v) is 7.42. The van der Waals surface area contributed by atoms with Gasteiger partial charge < -0.3 is 20.3 Å². The first-order valence-electron chi connectivity index (χ1n) is 11.3. The van der Waals surface area contributed by atoms with E-state index in [1.54, 1.807) is 37.3 Å². The number of likely N-dealkylation sites (tertiary alicyclic amines) is 1. The van der Waals surface area contributed by atoms with Crippen LogP contribution < -0.4 is 10.6 Å². The van der Waals surface area contributed by atoms with E-state index in [1.807, 2.05) is 31.5 Å². The highest BCUT2D eigenvalue weighted by Crippen LogP contribution is 2.30. The number of thiazole rings is 1. The Morgan fingerprint density at radius 3 is 2.59 bits per heavy atom. The minimum atomic E-state index is -1.42. The summed E-state index contributed by atoms with van der Waals surface area (Å²) in [5.41, 5.74) is 2.11. The Kier molecular flexibility index (Phi) is 7.11.